The summed E-state index contributed by atoms with van der Waals surface area (Å²) in [6.07, 6.45) is 2.58. The van der Waals surface area contributed by atoms with Crippen LogP contribution in [0.25, 0.3) is 10.9 Å². The molecule has 24 heavy (non-hydrogen) atoms. The number of carbonyl (C=O) groups is 1. The zero-order valence-corrected chi connectivity index (χ0v) is 15.5. The van der Waals surface area contributed by atoms with Crippen molar-refractivity contribution in [2.75, 3.05) is 39.1 Å². The topological polar surface area (TPSA) is 55.7 Å². The molecule has 130 valence electrons. The standard InChI is InChI=1S/C18H24ClN3O2/c1-5-24-18(23)15-11-21-16-12(2)9-13(19)10-14(16)17(15)20-7-6-8-22(3)4/h9-11H,5-8H2,1-4H3,(H,20,21)/p+1. The lowest BCUT2D eigenvalue weighted by Gasteiger charge is -2.15. The lowest BCUT2D eigenvalue weighted by molar-refractivity contribution is -0.858. The molecule has 0 unspecified atom stereocenters. The number of hydrogen-bond donors (Lipinski definition) is 2. The number of carbonyl (C=O) groups excluding carboxylic acids is 1. The third kappa shape index (κ3) is 4.36. The van der Waals surface area contributed by atoms with E-state index in [0.29, 0.717) is 17.2 Å². The van der Waals surface area contributed by atoms with Crippen molar-refractivity contribution in [1.82, 2.24) is 4.98 Å². The highest BCUT2D eigenvalue weighted by Gasteiger charge is 2.17. The fraction of sp³-hybridized carbons (Fsp3) is 0.444. The van der Waals surface area contributed by atoms with Gasteiger partial charge in [-0.15, -0.1) is 0 Å². The first kappa shape index (κ1) is 18.5. The number of benzene rings is 1. The van der Waals surface area contributed by atoms with Gasteiger partial charge in [-0.2, -0.15) is 0 Å². The van der Waals surface area contributed by atoms with Crippen LogP contribution >= 0.6 is 11.6 Å². The second kappa shape index (κ2) is 8.31. The Morgan fingerprint density at radius 3 is 2.79 bits per heavy atom. The van der Waals surface area contributed by atoms with Crippen LogP contribution in [0.2, 0.25) is 5.02 Å². The molecule has 0 aliphatic rings. The number of anilines is 1. The predicted molar refractivity (Wildman–Crippen MR) is 98.2 cm³/mol. The van der Waals surface area contributed by atoms with E-state index in [1.165, 1.54) is 4.90 Å². The Morgan fingerprint density at radius 1 is 1.38 bits per heavy atom. The molecule has 2 rings (SSSR count). The van der Waals surface area contributed by atoms with E-state index in [-0.39, 0.29) is 5.97 Å². The summed E-state index contributed by atoms with van der Waals surface area (Å²) in [5.74, 6) is -0.370. The molecule has 0 spiro atoms. The summed E-state index contributed by atoms with van der Waals surface area (Å²) in [6.45, 7) is 5.90. The van der Waals surface area contributed by atoms with Crippen molar-refractivity contribution in [1.29, 1.82) is 0 Å². The number of esters is 1. The van der Waals surface area contributed by atoms with Crippen molar-refractivity contribution in [3.05, 3.63) is 34.5 Å². The summed E-state index contributed by atoms with van der Waals surface area (Å²) in [5, 5.41) is 4.87. The second-order valence-electron chi connectivity index (χ2n) is 6.12. The van der Waals surface area contributed by atoms with E-state index in [0.717, 1.165) is 41.7 Å². The SMILES string of the molecule is CCOC(=O)c1cnc2c(C)cc(Cl)cc2c1NCCC[NH+](C)C. The molecule has 6 heteroatoms. The molecular weight excluding hydrogens is 326 g/mol. The van der Waals surface area contributed by atoms with E-state index < -0.39 is 0 Å². The number of nitrogens with zero attached hydrogens (tertiary/aromatic N) is 1. The first-order valence-electron chi connectivity index (χ1n) is 8.23. The number of hydrogen-bond acceptors (Lipinski definition) is 4. The van der Waals surface area contributed by atoms with Crippen molar-refractivity contribution in [2.45, 2.75) is 20.3 Å². The molecule has 2 aromatic rings. The van der Waals surface area contributed by atoms with E-state index in [4.69, 9.17) is 16.3 Å². The minimum Gasteiger partial charge on any atom is -0.462 e. The molecule has 1 heterocycles. The Balaban J connectivity index is 2.43. The minimum absolute atomic E-state index is 0.328. The maximum atomic E-state index is 12.3. The number of aromatic nitrogens is 1. The van der Waals surface area contributed by atoms with E-state index in [1.807, 2.05) is 19.1 Å². The van der Waals surface area contributed by atoms with Crippen molar-refractivity contribution in [2.24, 2.45) is 0 Å². The predicted octanol–water partition coefficient (Wildman–Crippen LogP) is 2.32. The molecule has 0 amide bonds. The van der Waals surface area contributed by atoms with Gasteiger partial charge in [0.05, 0.1) is 38.5 Å². The van der Waals surface area contributed by atoms with Crippen molar-refractivity contribution in [3.63, 3.8) is 0 Å². The smallest absolute Gasteiger partial charge is 0.341 e. The fourth-order valence-electron chi connectivity index (χ4n) is 2.65. The maximum Gasteiger partial charge on any atom is 0.341 e. The molecule has 1 aromatic heterocycles. The van der Waals surface area contributed by atoms with Gasteiger partial charge in [0.25, 0.3) is 0 Å². The minimum atomic E-state index is -0.370. The highest BCUT2D eigenvalue weighted by molar-refractivity contribution is 6.31. The normalized spacial score (nSPS) is 11.1. The Morgan fingerprint density at radius 2 is 2.12 bits per heavy atom. The van der Waals surface area contributed by atoms with Gasteiger partial charge in [-0.25, -0.2) is 4.79 Å². The largest absolute Gasteiger partial charge is 0.462 e. The summed E-state index contributed by atoms with van der Waals surface area (Å²) in [6, 6.07) is 3.72. The van der Waals surface area contributed by atoms with Gasteiger partial charge in [0.1, 0.15) is 5.56 Å². The Labute approximate surface area is 148 Å². The third-order valence-corrected chi connectivity index (χ3v) is 4.00. The van der Waals surface area contributed by atoms with Crippen LogP contribution in [-0.4, -0.2) is 44.7 Å². The number of fused-ring (bicyclic) bond motifs is 1. The first-order valence-corrected chi connectivity index (χ1v) is 8.60. The van der Waals surface area contributed by atoms with Crippen LogP contribution in [0.1, 0.15) is 29.3 Å². The van der Waals surface area contributed by atoms with Gasteiger partial charge in [0.15, 0.2) is 0 Å². The third-order valence-electron chi connectivity index (χ3n) is 3.78. The molecule has 0 saturated heterocycles. The van der Waals surface area contributed by atoms with Gasteiger partial charge in [0, 0.05) is 29.6 Å². The van der Waals surface area contributed by atoms with Crippen LogP contribution in [0, 0.1) is 6.92 Å². The number of ether oxygens (including phenoxy) is 1. The van der Waals surface area contributed by atoms with Gasteiger partial charge in [-0.1, -0.05) is 11.6 Å². The number of nitrogens with one attached hydrogen (secondary N) is 2. The average molecular weight is 351 g/mol. The van der Waals surface area contributed by atoms with E-state index in [9.17, 15) is 4.79 Å². The number of quaternary nitrogens is 1. The molecule has 1 aromatic carbocycles. The van der Waals surface area contributed by atoms with Crippen LogP contribution in [0.15, 0.2) is 18.3 Å². The monoisotopic (exact) mass is 350 g/mol. The van der Waals surface area contributed by atoms with Crippen LogP contribution in [0.5, 0.6) is 0 Å². The zero-order valence-electron chi connectivity index (χ0n) is 14.7. The zero-order chi connectivity index (χ0) is 17.7. The average Bonchev–Trinajstić information content (AvgIpc) is 2.51. The van der Waals surface area contributed by atoms with Gasteiger partial charge in [0.2, 0.25) is 0 Å². The quantitative estimate of drug-likeness (QED) is 0.594. The van der Waals surface area contributed by atoms with Crippen molar-refractivity contribution in [3.8, 4) is 0 Å². The van der Waals surface area contributed by atoms with E-state index >= 15 is 0 Å². The van der Waals surface area contributed by atoms with Crippen LogP contribution < -0.4 is 10.2 Å². The molecule has 0 radical (unpaired) electrons. The molecule has 0 atom stereocenters. The summed E-state index contributed by atoms with van der Waals surface area (Å²) >= 11 is 6.22. The number of aryl methyl sites for hydroxylation is 1. The Kier molecular flexibility index (Phi) is 6.40. The Bertz CT molecular complexity index is 732. The lowest BCUT2D eigenvalue weighted by Crippen LogP contribution is -3.05. The summed E-state index contributed by atoms with van der Waals surface area (Å²) in [5.41, 5.74) is 3.02. The molecule has 0 aliphatic carbocycles. The summed E-state index contributed by atoms with van der Waals surface area (Å²) < 4.78 is 5.17. The Hall–Kier alpha value is -1.85. The van der Waals surface area contributed by atoms with Gasteiger partial charge in [-0.3, -0.25) is 4.98 Å². The van der Waals surface area contributed by atoms with Crippen LogP contribution in [0.4, 0.5) is 5.69 Å². The molecule has 0 fully saturated rings. The summed E-state index contributed by atoms with van der Waals surface area (Å²) in [4.78, 5) is 18.1. The van der Waals surface area contributed by atoms with Crippen LogP contribution in [0.3, 0.4) is 0 Å². The fourth-order valence-corrected chi connectivity index (χ4v) is 2.92. The second-order valence-corrected chi connectivity index (χ2v) is 6.56. The van der Waals surface area contributed by atoms with Crippen LogP contribution in [-0.2, 0) is 4.74 Å². The maximum absolute atomic E-state index is 12.3. The van der Waals surface area contributed by atoms with Gasteiger partial charge < -0.3 is 15.0 Å². The van der Waals surface area contributed by atoms with E-state index in [1.54, 1.807) is 13.1 Å². The lowest BCUT2D eigenvalue weighted by atomic mass is 10.1. The highest BCUT2D eigenvalue weighted by atomic mass is 35.5. The van der Waals surface area contributed by atoms with Gasteiger partial charge in [-0.05, 0) is 31.5 Å². The number of pyridine rings is 1. The summed E-state index contributed by atoms with van der Waals surface area (Å²) in [7, 11) is 4.24. The molecule has 2 N–H and O–H groups in total. The number of rotatable bonds is 7. The van der Waals surface area contributed by atoms with Crippen molar-refractivity contribution >= 4 is 34.2 Å². The highest BCUT2D eigenvalue weighted by Crippen LogP contribution is 2.31. The van der Waals surface area contributed by atoms with Gasteiger partial charge >= 0.3 is 5.97 Å². The van der Waals surface area contributed by atoms with E-state index in [2.05, 4.69) is 24.4 Å². The number of halogens is 1. The molecule has 0 saturated carbocycles. The molecule has 5 nitrogen and oxygen atoms in total. The molecular formula is C18H25ClN3O2+. The van der Waals surface area contributed by atoms with Crippen molar-refractivity contribution < 1.29 is 14.4 Å². The molecule has 0 bridgehead atoms. The molecule has 0 aliphatic heterocycles. The first-order chi connectivity index (χ1) is 11.4.